The van der Waals surface area contributed by atoms with E-state index in [1.165, 1.54) is 0 Å². The summed E-state index contributed by atoms with van der Waals surface area (Å²) in [6.07, 6.45) is 4.33. The maximum atomic E-state index is 12.5. The third kappa shape index (κ3) is 10.9. The molecule has 0 radical (unpaired) electrons. The van der Waals surface area contributed by atoms with E-state index in [2.05, 4.69) is 15.5 Å². The van der Waals surface area contributed by atoms with Gasteiger partial charge in [-0.25, -0.2) is 0 Å². The summed E-state index contributed by atoms with van der Waals surface area (Å²) in [7, 11) is 0. The molecule has 5 N–H and O–H groups in total. The molecule has 2 aliphatic rings. The molecule has 10 nitrogen and oxygen atoms in total. The summed E-state index contributed by atoms with van der Waals surface area (Å²) in [6.45, 7) is 4.55. The topological polar surface area (TPSA) is 135 Å². The van der Waals surface area contributed by atoms with Crippen molar-refractivity contribution in [3.63, 3.8) is 0 Å². The number of nitrogens with one attached hydrogen (secondary N) is 2. The van der Waals surface area contributed by atoms with Crippen molar-refractivity contribution in [2.45, 2.75) is 76.6 Å². The van der Waals surface area contributed by atoms with Gasteiger partial charge in [0.15, 0.2) is 6.29 Å². The Balaban J connectivity index is 1.04. The molecule has 2 fully saturated rings. The number of para-hydroxylation sites is 2. The fourth-order valence-corrected chi connectivity index (χ4v) is 5.93. The molecule has 3 aromatic carbocycles. The zero-order valence-corrected chi connectivity index (χ0v) is 27.1. The zero-order chi connectivity index (χ0) is 32.8. The fourth-order valence-electron chi connectivity index (χ4n) is 5.93. The first-order valence-electron chi connectivity index (χ1n) is 16.8. The number of rotatable bonds is 15. The van der Waals surface area contributed by atoms with Gasteiger partial charge in [-0.15, -0.1) is 0 Å². The number of unbranched alkanes of at least 4 members (excludes halogenated alkanes) is 3. The monoisotopic (exact) mass is 644 g/mol. The second kappa shape index (κ2) is 17.9. The van der Waals surface area contributed by atoms with Crippen molar-refractivity contribution < 1.29 is 28.9 Å². The number of aliphatic hydroxyl groups excluding tert-OH is 1. The van der Waals surface area contributed by atoms with Gasteiger partial charge < -0.3 is 35.7 Å². The number of nitrogens with two attached hydrogens (primary N) is 1. The third-order valence-corrected chi connectivity index (χ3v) is 8.71. The summed E-state index contributed by atoms with van der Waals surface area (Å²) >= 11 is 0. The molecular formula is C37H48N4O6. The Morgan fingerprint density at radius 2 is 1.47 bits per heavy atom. The SMILES string of the molecule is Nc1ccccc1NC(=O)CCCCCCC(=O)NCc1ccc([C@@H]2O[C@H](CN3CCOCC3)C[C@H](c3ccc(CO)cc3)O2)cc1. The van der Waals surface area contributed by atoms with Crippen LogP contribution in [0.2, 0.25) is 0 Å². The van der Waals surface area contributed by atoms with Crippen LogP contribution in [0.15, 0.2) is 72.8 Å². The van der Waals surface area contributed by atoms with E-state index in [-0.39, 0.29) is 30.6 Å². The third-order valence-electron chi connectivity index (χ3n) is 8.71. The number of hydrogen-bond acceptors (Lipinski definition) is 8. The molecule has 0 spiro atoms. The molecule has 2 aliphatic heterocycles. The van der Waals surface area contributed by atoms with Gasteiger partial charge in [0.2, 0.25) is 11.8 Å². The highest BCUT2D eigenvalue weighted by Crippen LogP contribution is 2.38. The number of carbonyl (C=O) groups is 2. The Hall–Kier alpha value is -3.80. The normalized spacial score (nSPS) is 20.1. The molecule has 0 unspecified atom stereocenters. The van der Waals surface area contributed by atoms with E-state index in [9.17, 15) is 14.7 Å². The van der Waals surface area contributed by atoms with E-state index in [0.717, 1.165) is 87.2 Å². The van der Waals surface area contributed by atoms with Crippen LogP contribution in [-0.4, -0.2) is 60.8 Å². The Labute approximate surface area is 277 Å². The number of amides is 2. The van der Waals surface area contributed by atoms with Crippen molar-refractivity contribution in [1.82, 2.24) is 10.2 Å². The van der Waals surface area contributed by atoms with Crippen molar-refractivity contribution >= 4 is 23.2 Å². The van der Waals surface area contributed by atoms with Crippen LogP contribution in [0.3, 0.4) is 0 Å². The van der Waals surface area contributed by atoms with Gasteiger partial charge in [0.25, 0.3) is 0 Å². The Bertz CT molecular complexity index is 1410. The molecule has 0 saturated carbocycles. The Morgan fingerprint density at radius 1 is 0.809 bits per heavy atom. The van der Waals surface area contributed by atoms with Crippen LogP contribution < -0.4 is 16.4 Å². The fraction of sp³-hybridized carbons (Fsp3) is 0.459. The first kappa shape index (κ1) is 34.5. The van der Waals surface area contributed by atoms with Gasteiger partial charge in [-0.2, -0.15) is 0 Å². The number of aliphatic hydroxyl groups is 1. The molecule has 0 aliphatic carbocycles. The number of hydrogen-bond donors (Lipinski definition) is 4. The van der Waals surface area contributed by atoms with Crippen molar-refractivity contribution in [3.05, 3.63) is 95.1 Å². The number of carbonyl (C=O) groups excluding carboxylic acids is 2. The average molecular weight is 645 g/mol. The molecule has 2 heterocycles. The van der Waals surface area contributed by atoms with Crippen molar-refractivity contribution in [3.8, 4) is 0 Å². The highest BCUT2D eigenvalue weighted by molar-refractivity contribution is 5.93. The van der Waals surface area contributed by atoms with Crippen LogP contribution in [0.4, 0.5) is 11.4 Å². The number of nitrogens with zero attached hydrogens (tertiary/aromatic N) is 1. The van der Waals surface area contributed by atoms with E-state index in [0.29, 0.717) is 30.8 Å². The smallest absolute Gasteiger partial charge is 0.224 e. The first-order chi connectivity index (χ1) is 23.0. The summed E-state index contributed by atoms with van der Waals surface area (Å²) in [4.78, 5) is 27.0. The second-order valence-electron chi connectivity index (χ2n) is 12.3. The van der Waals surface area contributed by atoms with Crippen LogP contribution in [0, 0.1) is 0 Å². The second-order valence-corrected chi connectivity index (χ2v) is 12.3. The van der Waals surface area contributed by atoms with Crippen molar-refractivity contribution in [1.29, 1.82) is 0 Å². The van der Waals surface area contributed by atoms with Gasteiger partial charge in [0.05, 0.1) is 43.4 Å². The molecule has 3 atom stereocenters. The van der Waals surface area contributed by atoms with E-state index < -0.39 is 6.29 Å². The lowest BCUT2D eigenvalue weighted by Gasteiger charge is -2.39. The molecule has 3 aromatic rings. The van der Waals surface area contributed by atoms with Crippen molar-refractivity contribution in [2.24, 2.45) is 0 Å². The average Bonchev–Trinajstić information content (AvgIpc) is 3.10. The van der Waals surface area contributed by atoms with Gasteiger partial charge in [-0.05, 0) is 41.7 Å². The predicted octanol–water partition coefficient (Wildman–Crippen LogP) is 5.23. The molecule has 0 bridgehead atoms. The molecule has 10 heteroatoms. The lowest BCUT2D eigenvalue weighted by atomic mass is 9.99. The minimum Gasteiger partial charge on any atom is -0.397 e. The van der Waals surface area contributed by atoms with Gasteiger partial charge in [0.1, 0.15) is 0 Å². The molecule has 252 valence electrons. The zero-order valence-electron chi connectivity index (χ0n) is 27.1. The molecule has 2 saturated heterocycles. The van der Waals surface area contributed by atoms with Gasteiger partial charge in [-0.1, -0.05) is 73.5 Å². The summed E-state index contributed by atoms with van der Waals surface area (Å²) in [5.74, 6) is -0.0271. The Morgan fingerprint density at radius 3 is 2.17 bits per heavy atom. The summed E-state index contributed by atoms with van der Waals surface area (Å²) in [5.41, 5.74) is 11.0. The number of nitrogen functional groups attached to an aromatic ring is 1. The van der Waals surface area contributed by atoms with Gasteiger partial charge in [-0.3, -0.25) is 14.5 Å². The quantitative estimate of drug-likeness (QED) is 0.130. The van der Waals surface area contributed by atoms with Gasteiger partial charge in [0, 0.05) is 51.0 Å². The molecule has 2 amide bonds. The minimum atomic E-state index is -0.511. The number of anilines is 2. The van der Waals surface area contributed by atoms with Crippen molar-refractivity contribution in [2.75, 3.05) is 43.9 Å². The standard InChI is InChI=1S/C37H48N4O6/c38-32-7-5-6-8-33(32)40-36(44)10-4-2-1-3-9-35(43)39-24-27-11-17-30(18-12-27)37-46-31(25-41-19-21-45-22-20-41)23-34(47-37)29-15-13-28(26-42)14-16-29/h5-8,11-18,31,34,37,42H,1-4,9-10,19-26,38H2,(H,39,43)(H,40,44)/t31-,34+,37+/m0/s1. The summed E-state index contributed by atoms with van der Waals surface area (Å²) < 4.78 is 18.5. The van der Waals surface area contributed by atoms with E-state index in [1.807, 2.05) is 60.7 Å². The van der Waals surface area contributed by atoms with Crippen LogP contribution >= 0.6 is 0 Å². The van der Waals surface area contributed by atoms with E-state index in [4.69, 9.17) is 19.9 Å². The highest BCUT2D eigenvalue weighted by Gasteiger charge is 2.33. The lowest BCUT2D eigenvalue weighted by Crippen LogP contribution is -2.44. The molecular weight excluding hydrogens is 596 g/mol. The highest BCUT2D eigenvalue weighted by atomic mass is 16.7. The van der Waals surface area contributed by atoms with Crippen LogP contribution in [0.5, 0.6) is 0 Å². The summed E-state index contributed by atoms with van der Waals surface area (Å²) in [5, 5.41) is 15.3. The van der Waals surface area contributed by atoms with E-state index in [1.54, 1.807) is 12.1 Å². The minimum absolute atomic E-state index is 0.000790. The Kier molecular flexibility index (Phi) is 13.2. The number of benzene rings is 3. The maximum Gasteiger partial charge on any atom is 0.224 e. The lowest BCUT2D eigenvalue weighted by molar-refractivity contribution is -0.253. The van der Waals surface area contributed by atoms with Gasteiger partial charge >= 0.3 is 0 Å². The van der Waals surface area contributed by atoms with E-state index >= 15 is 0 Å². The summed E-state index contributed by atoms with van der Waals surface area (Å²) in [6, 6.07) is 23.2. The predicted molar refractivity (Wildman–Crippen MR) is 181 cm³/mol. The number of ether oxygens (including phenoxy) is 3. The molecule has 47 heavy (non-hydrogen) atoms. The molecule has 0 aromatic heterocycles. The van der Waals surface area contributed by atoms with Crippen LogP contribution in [0.25, 0.3) is 0 Å². The molecule has 5 rings (SSSR count). The first-order valence-corrected chi connectivity index (χ1v) is 16.8. The number of morpholine rings is 1. The largest absolute Gasteiger partial charge is 0.397 e. The maximum absolute atomic E-state index is 12.5. The van der Waals surface area contributed by atoms with Crippen LogP contribution in [0.1, 0.15) is 79.6 Å². The van der Waals surface area contributed by atoms with Crippen LogP contribution in [-0.2, 0) is 37.0 Å².